The highest BCUT2D eigenvalue weighted by atomic mass is 14.9. The zero-order valence-electron chi connectivity index (χ0n) is 11.5. The van der Waals surface area contributed by atoms with Gasteiger partial charge in [0.15, 0.2) is 0 Å². The monoisotopic (exact) mass is 241 g/mol. The van der Waals surface area contributed by atoms with Crippen LogP contribution in [0.15, 0.2) is 29.8 Å². The van der Waals surface area contributed by atoms with E-state index in [9.17, 15) is 0 Å². The van der Waals surface area contributed by atoms with Crippen molar-refractivity contribution in [1.29, 1.82) is 0 Å². The molecule has 0 amide bonds. The lowest BCUT2D eigenvalue weighted by molar-refractivity contribution is 0.670. The summed E-state index contributed by atoms with van der Waals surface area (Å²) in [6.07, 6.45) is 5.30. The van der Waals surface area contributed by atoms with Crippen molar-refractivity contribution in [2.45, 2.75) is 52.1 Å². The molecule has 0 bridgehead atoms. The third kappa shape index (κ3) is 2.37. The number of hydrogen-bond donors (Lipinski definition) is 1. The summed E-state index contributed by atoms with van der Waals surface area (Å²) in [5.41, 5.74) is 6.28. The van der Waals surface area contributed by atoms with E-state index in [4.69, 9.17) is 0 Å². The normalized spacial score (nSPS) is 19.3. The van der Waals surface area contributed by atoms with E-state index in [-0.39, 0.29) is 0 Å². The fourth-order valence-electron chi connectivity index (χ4n) is 2.85. The zero-order chi connectivity index (χ0) is 12.5. The smallest absolute Gasteiger partial charge is 0.0214 e. The molecule has 1 heteroatoms. The van der Waals surface area contributed by atoms with E-state index in [2.05, 4.69) is 43.4 Å². The molecular formula is C17H23N. The summed E-state index contributed by atoms with van der Waals surface area (Å²) in [5, 5.41) is 3.64. The second-order valence-electron chi connectivity index (χ2n) is 5.97. The Balaban J connectivity index is 1.84. The van der Waals surface area contributed by atoms with Crippen molar-refractivity contribution in [3.63, 3.8) is 0 Å². The van der Waals surface area contributed by atoms with Crippen LogP contribution in [-0.2, 0) is 6.54 Å². The summed E-state index contributed by atoms with van der Waals surface area (Å²) < 4.78 is 0. The maximum atomic E-state index is 3.64. The Hall–Kier alpha value is -1.08. The Morgan fingerprint density at radius 3 is 2.56 bits per heavy atom. The van der Waals surface area contributed by atoms with E-state index in [0.29, 0.717) is 5.92 Å². The van der Waals surface area contributed by atoms with Gasteiger partial charge in [-0.3, -0.25) is 0 Å². The van der Waals surface area contributed by atoms with Gasteiger partial charge in [0.25, 0.3) is 0 Å². The van der Waals surface area contributed by atoms with Gasteiger partial charge in [-0.05, 0) is 48.3 Å². The Bertz CT molecular complexity index is 466. The van der Waals surface area contributed by atoms with Crippen molar-refractivity contribution >= 4 is 5.57 Å². The number of rotatable bonds is 5. The number of benzene rings is 1. The first-order valence-corrected chi connectivity index (χ1v) is 7.29. The Labute approximate surface area is 110 Å². The standard InChI is InChI=1S/C17H23N/c1-12(2)15-9-10-17(15)16-6-4-3-5-13(16)11-18-14-7-8-14/h3-6,12,14,18H,7-11H2,1-2H3. The highest BCUT2D eigenvalue weighted by molar-refractivity contribution is 5.76. The second kappa shape index (κ2) is 4.89. The highest BCUT2D eigenvalue weighted by Crippen LogP contribution is 2.41. The van der Waals surface area contributed by atoms with Gasteiger partial charge < -0.3 is 5.32 Å². The zero-order valence-corrected chi connectivity index (χ0v) is 11.5. The van der Waals surface area contributed by atoms with Crippen LogP contribution in [0.5, 0.6) is 0 Å². The van der Waals surface area contributed by atoms with Crippen LogP contribution in [0.2, 0.25) is 0 Å². The first kappa shape index (κ1) is 12.0. The number of hydrogen-bond acceptors (Lipinski definition) is 1. The molecule has 1 saturated carbocycles. The van der Waals surface area contributed by atoms with Crippen molar-refractivity contribution in [3.8, 4) is 0 Å². The quantitative estimate of drug-likeness (QED) is 0.817. The van der Waals surface area contributed by atoms with Crippen molar-refractivity contribution in [2.24, 2.45) is 5.92 Å². The SMILES string of the molecule is CC(C)C1=C(c2ccccc2CNC2CC2)CC1. The topological polar surface area (TPSA) is 12.0 Å². The average molecular weight is 241 g/mol. The fourth-order valence-corrected chi connectivity index (χ4v) is 2.85. The minimum Gasteiger partial charge on any atom is -0.310 e. The van der Waals surface area contributed by atoms with Crippen LogP contribution in [0.1, 0.15) is 50.7 Å². The summed E-state index contributed by atoms with van der Waals surface area (Å²) in [4.78, 5) is 0. The van der Waals surface area contributed by atoms with Gasteiger partial charge in [-0.2, -0.15) is 0 Å². The van der Waals surface area contributed by atoms with E-state index in [1.54, 1.807) is 11.1 Å². The third-order valence-corrected chi connectivity index (χ3v) is 4.23. The lowest BCUT2D eigenvalue weighted by Crippen LogP contribution is -2.17. The van der Waals surface area contributed by atoms with Crippen molar-refractivity contribution in [2.75, 3.05) is 0 Å². The van der Waals surface area contributed by atoms with Crippen LogP contribution in [0.25, 0.3) is 5.57 Å². The van der Waals surface area contributed by atoms with Crippen LogP contribution < -0.4 is 5.32 Å². The van der Waals surface area contributed by atoms with Gasteiger partial charge in [-0.25, -0.2) is 0 Å². The molecule has 0 spiro atoms. The molecule has 1 aromatic rings. The van der Waals surface area contributed by atoms with Gasteiger partial charge in [0.1, 0.15) is 0 Å². The fraction of sp³-hybridized carbons (Fsp3) is 0.529. The Kier molecular flexibility index (Phi) is 3.25. The van der Waals surface area contributed by atoms with Crippen molar-refractivity contribution < 1.29 is 0 Å². The predicted octanol–water partition coefficient (Wildman–Crippen LogP) is 4.14. The summed E-state index contributed by atoms with van der Waals surface area (Å²) in [6, 6.07) is 9.73. The maximum Gasteiger partial charge on any atom is 0.0214 e. The molecule has 1 nitrogen and oxygen atoms in total. The molecule has 0 unspecified atom stereocenters. The molecule has 2 aliphatic rings. The minimum absolute atomic E-state index is 0.707. The largest absolute Gasteiger partial charge is 0.310 e. The third-order valence-electron chi connectivity index (χ3n) is 4.23. The molecule has 96 valence electrons. The van der Waals surface area contributed by atoms with E-state index < -0.39 is 0 Å². The molecule has 0 aliphatic heterocycles. The molecule has 0 saturated heterocycles. The molecular weight excluding hydrogens is 218 g/mol. The van der Waals surface area contributed by atoms with Crippen LogP contribution in [0.4, 0.5) is 0 Å². The van der Waals surface area contributed by atoms with Gasteiger partial charge in [0.2, 0.25) is 0 Å². The second-order valence-corrected chi connectivity index (χ2v) is 5.97. The first-order valence-electron chi connectivity index (χ1n) is 7.29. The molecule has 1 aromatic carbocycles. The van der Waals surface area contributed by atoms with E-state index in [1.807, 2.05) is 0 Å². The molecule has 0 aromatic heterocycles. The van der Waals surface area contributed by atoms with Crippen LogP contribution in [0, 0.1) is 5.92 Å². The molecule has 1 N–H and O–H groups in total. The lowest BCUT2D eigenvalue weighted by atomic mass is 9.77. The highest BCUT2D eigenvalue weighted by Gasteiger charge is 2.24. The van der Waals surface area contributed by atoms with Crippen molar-refractivity contribution in [3.05, 3.63) is 41.0 Å². The molecule has 2 aliphatic carbocycles. The number of nitrogens with one attached hydrogen (secondary N) is 1. The van der Waals surface area contributed by atoms with Gasteiger partial charge in [-0.15, -0.1) is 0 Å². The van der Waals surface area contributed by atoms with E-state index >= 15 is 0 Å². The van der Waals surface area contributed by atoms with Crippen LogP contribution in [0.3, 0.4) is 0 Å². The molecule has 0 atom stereocenters. The van der Waals surface area contributed by atoms with Gasteiger partial charge in [0.05, 0.1) is 0 Å². The van der Waals surface area contributed by atoms with E-state index in [1.165, 1.54) is 36.8 Å². The van der Waals surface area contributed by atoms with Crippen LogP contribution >= 0.6 is 0 Å². The lowest BCUT2D eigenvalue weighted by Gasteiger charge is -2.29. The Morgan fingerprint density at radius 2 is 1.94 bits per heavy atom. The summed E-state index contributed by atoms with van der Waals surface area (Å²) >= 11 is 0. The minimum atomic E-state index is 0.707. The first-order chi connectivity index (χ1) is 8.75. The van der Waals surface area contributed by atoms with E-state index in [0.717, 1.165) is 12.6 Å². The predicted molar refractivity (Wildman–Crippen MR) is 77.3 cm³/mol. The van der Waals surface area contributed by atoms with Gasteiger partial charge in [0, 0.05) is 12.6 Å². The molecule has 0 radical (unpaired) electrons. The summed E-state index contributed by atoms with van der Waals surface area (Å²) in [5.74, 6) is 0.707. The molecule has 1 fully saturated rings. The van der Waals surface area contributed by atoms with Gasteiger partial charge >= 0.3 is 0 Å². The molecule has 0 heterocycles. The summed E-state index contributed by atoms with van der Waals surface area (Å²) in [7, 11) is 0. The molecule has 18 heavy (non-hydrogen) atoms. The summed E-state index contributed by atoms with van der Waals surface area (Å²) in [6.45, 7) is 5.68. The maximum absolute atomic E-state index is 3.64. The average Bonchev–Trinajstić information content (AvgIpc) is 3.09. The molecule has 3 rings (SSSR count). The van der Waals surface area contributed by atoms with Crippen molar-refractivity contribution in [1.82, 2.24) is 5.32 Å². The van der Waals surface area contributed by atoms with Crippen LogP contribution in [-0.4, -0.2) is 6.04 Å². The number of allylic oxidation sites excluding steroid dienone is 2. The van der Waals surface area contributed by atoms with Gasteiger partial charge in [-0.1, -0.05) is 43.7 Å². The Morgan fingerprint density at radius 1 is 1.17 bits per heavy atom.